The molecule has 23 heavy (non-hydrogen) atoms. The van der Waals surface area contributed by atoms with Crippen LogP contribution in [0.3, 0.4) is 0 Å². The van der Waals surface area contributed by atoms with Crippen molar-refractivity contribution in [1.82, 2.24) is 9.62 Å². The van der Waals surface area contributed by atoms with Gasteiger partial charge in [-0.15, -0.1) is 0 Å². The van der Waals surface area contributed by atoms with Crippen molar-refractivity contribution in [2.75, 3.05) is 32.8 Å². The summed E-state index contributed by atoms with van der Waals surface area (Å²) in [4.78, 5) is 0. The fourth-order valence-corrected chi connectivity index (χ4v) is 5.40. The molecule has 0 saturated carbocycles. The number of sulfonamides is 1. The number of hydrogen-bond donors (Lipinski definition) is 1. The quantitative estimate of drug-likeness (QED) is 0.908. The van der Waals surface area contributed by atoms with Crippen LogP contribution in [0.25, 0.3) is 0 Å². The van der Waals surface area contributed by atoms with Crippen LogP contribution in [0.4, 0.5) is 0 Å². The summed E-state index contributed by atoms with van der Waals surface area (Å²) in [6, 6.07) is 8.20. The summed E-state index contributed by atoms with van der Waals surface area (Å²) in [5.41, 5.74) is 2.34. The number of piperazine rings is 1. The minimum atomic E-state index is -3.33. The van der Waals surface area contributed by atoms with E-state index < -0.39 is 15.3 Å². The van der Waals surface area contributed by atoms with Crippen LogP contribution in [0, 0.1) is 0 Å². The third-order valence-electron chi connectivity index (χ3n) is 4.83. The fourth-order valence-electron chi connectivity index (χ4n) is 3.39. The zero-order valence-corrected chi connectivity index (χ0v) is 14.5. The number of hydrogen-bond acceptors (Lipinski definition) is 4. The Morgan fingerprint density at radius 1 is 1.30 bits per heavy atom. The lowest BCUT2D eigenvalue weighted by Crippen LogP contribution is -2.52. The van der Waals surface area contributed by atoms with E-state index in [1.165, 1.54) is 5.56 Å². The molecule has 1 aromatic carbocycles. The highest BCUT2D eigenvalue weighted by atomic mass is 32.2. The number of benzene rings is 1. The van der Waals surface area contributed by atoms with Crippen LogP contribution in [0.5, 0.6) is 0 Å². The number of rotatable bonds is 4. The monoisotopic (exact) mass is 338 g/mol. The third kappa shape index (κ3) is 3.60. The van der Waals surface area contributed by atoms with Gasteiger partial charge in [0.1, 0.15) is 0 Å². The van der Waals surface area contributed by atoms with E-state index in [-0.39, 0.29) is 6.04 Å². The minimum absolute atomic E-state index is 0.124. The second-order valence-electron chi connectivity index (χ2n) is 6.31. The summed E-state index contributed by atoms with van der Waals surface area (Å²) in [6.07, 6.45) is 2.52. The minimum Gasteiger partial charge on any atom is -0.380 e. The van der Waals surface area contributed by atoms with E-state index in [0.29, 0.717) is 39.3 Å². The maximum atomic E-state index is 13.1. The molecule has 0 amide bonds. The Bertz CT molecular complexity index is 609. The van der Waals surface area contributed by atoms with E-state index in [2.05, 4.69) is 36.5 Å². The Labute approximate surface area is 139 Å². The van der Waals surface area contributed by atoms with Gasteiger partial charge >= 0.3 is 0 Å². The summed E-state index contributed by atoms with van der Waals surface area (Å²) >= 11 is 0. The predicted octanol–water partition coefficient (Wildman–Crippen LogP) is 1.70. The summed E-state index contributed by atoms with van der Waals surface area (Å²) in [5, 5.41) is 2.93. The molecule has 0 bridgehead atoms. The SMILES string of the molecule is CCc1ccc(C2CNCCN2S(=O)(=O)C2CCCOC2)cc1. The molecular formula is C17H26N2O3S. The summed E-state index contributed by atoms with van der Waals surface area (Å²) in [7, 11) is -3.33. The first kappa shape index (κ1) is 16.9. The average molecular weight is 338 g/mol. The highest BCUT2D eigenvalue weighted by Gasteiger charge is 2.39. The molecule has 2 unspecified atom stereocenters. The van der Waals surface area contributed by atoms with Gasteiger partial charge in [0.25, 0.3) is 0 Å². The lowest BCUT2D eigenvalue weighted by molar-refractivity contribution is 0.0963. The molecule has 2 saturated heterocycles. The summed E-state index contributed by atoms with van der Waals surface area (Å²) in [6.45, 7) is 5.02. The van der Waals surface area contributed by atoms with Crippen LogP contribution in [0.15, 0.2) is 24.3 Å². The first-order valence-electron chi connectivity index (χ1n) is 8.51. The number of nitrogens with one attached hydrogen (secondary N) is 1. The zero-order valence-electron chi connectivity index (χ0n) is 13.7. The molecule has 5 nitrogen and oxygen atoms in total. The lowest BCUT2D eigenvalue weighted by atomic mass is 10.0. The van der Waals surface area contributed by atoms with E-state index in [4.69, 9.17) is 4.74 Å². The summed E-state index contributed by atoms with van der Waals surface area (Å²) < 4.78 is 33.2. The van der Waals surface area contributed by atoms with Crippen LogP contribution in [0.1, 0.15) is 36.9 Å². The maximum Gasteiger partial charge on any atom is 0.219 e. The van der Waals surface area contributed by atoms with Gasteiger partial charge in [-0.25, -0.2) is 8.42 Å². The van der Waals surface area contributed by atoms with E-state index in [1.54, 1.807) is 4.31 Å². The zero-order chi connectivity index (χ0) is 16.3. The van der Waals surface area contributed by atoms with Crippen LogP contribution < -0.4 is 5.32 Å². The Balaban J connectivity index is 1.85. The molecule has 2 atom stereocenters. The molecule has 3 rings (SSSR count). The van der Waals surface area contributed by atoms with Gasteiger partial charge in [-0.1, -0.05) is 31.2 Å². The highest BCUT2D eigenvalue weighted by molar-refractivity contribution is 7.89. The molecule has 1 aromatic rings. The third-order valence-corrected chi connectivity index (χ3v) is 7.14. The first-order chi connectivity index (χ1) is 11.1. The molecule has 0 aliphatic carbocycles. The second kappa shape index (κ2) is 7.30. The van der Waals surface area contributed by atoms with Crippen molar-refractivity contribution in [3.8, 4) is 0 Å². The Kier molecular flexibility index (Phi) is 5.36. The van der Waals surface area contributed by atoms with Gasteiger partial charge < -0.3 is 10.1 Å². The van der Waals surface area contributed by atoms with Crippen molar-refractivity contribution in [2.45, 2.75) is 37.5 Å². The van der Waals surface area contributed by atoms with Crippen LogP contribution in [0.2, 0.25) is 0 Å². The average Bonchev–Trinajstić information content (AvgIpc) is 2.62. The van der Waals surface area contributed by atoms with Gasteiger partial charge in [0.05, 0.1) is 17.9 Å². The van der Waals surface area contributed by atoms with Gasteiger partial charge in [0, 0.05) is 26.2 Å². The molecule has 128 valence electrons. The fraction of sp³-hybridized carbons (Fsp3) is 0.647. The number of nitrogens with zero attached hydrogens (tertiary/aromatic N) is 1. The molecule has 2 aliphatic heterocycles. The van der Waals surface area contributed by atoms with Crippen LogP contribution in [-0.2, 0) is 21.2 Å². The van der Waals surface area contributed by atoms with Crippen molar-refractivity contribution in [1.29, 1.82) is 0 Å². The van der Waals surface area contributed by atoms with Crippen LogP contribution in [-0.4, -0.2) is 50.8 Å². The predicted molar refractivity (Wildman–Crippen MR) is 90.9 cm³/mol. The topological polar surface area (TPSA) is 58.6 Å². The van der Waals surface area contributed by atoms with E-state index in [0.717, 1.165) is 18.4 Å². The molecule has 0 aromatic heterocycles. The standard InChI is InChI=1S/C17H26N2O3S/c1-2-14-5-7-15(8-6-14)17-12-18-9-10-19(17)23(20,21)16-4-3-11-22-13-16/h5-8,16-18H,2-4,9-13H2,1H3. The number of aryl methyl sites for hydroxylation is 1. The molecular weight excluding hydrogens is 312 g/mol. The van der Waals surface area contributed by atoms with Gasteiger partial charge in [0.15, 0.2) is 0 Å². The molecule has 2 fully saturated rings. The number of ether oxygens (including phenoxy) is 1. The maximum absolute atomic E-state index is 13.1. The van der Waals surface area contributed by atoms with E-state index in [9.17, 15) is 8.42 Å². The lowest BCUT2D eigenvalue weighted by Gasteiger charge is -2.38. The van der Waals surface area contributed by atoms with Crippen LogP contribution >= 0.6 is 0 Å². The van der Waals surface area contributed by atoms with Crippen molar-refractivity contribution >= 4 is 10.0 Å². The van der Waals surface area contributed by atoms with Crippen molar-refractivity contribution in [3.63, 3.8) is 0 Å². The highest BCUT2D eigenvalue weighted by Crippen LogP contribution is 2.29. The Morgan fingerprint density at radius 2 is 2.09 bits per heavy atom. The summed E-state index contributed by atoms with van der Waals surface area (Å²) in [5.74, 6) is 0. The van der Waals surface area contributed by atoms with E-state index >= 15 is 0 Å². The normalized spacial score (nSPS) is 27.0. The van der Waals surface area contributed by atoms with Gasteiger partial charge in [-0.05, 0) is 30.4 Å². The molecule has 6 heteroatoms. The molecule has 2 aliphatic rings. The molecule has 2 heterocycles. The van der Waals surface area contributed by atoms with Gasteiger partial charge in [-0.3, -0.25) is 0 Å². The first-order valence-corrected chi connectivity index (χ1v) is 10.0. The smallest absolute Gasteiger partial charge is 0.219 e. The Morgan fingerprint density at radius 3 is 2.74 bits per heavy atom. The Hall–Kier alpha value is -0.950. The van der Waals surface area contributed by atoms with E-state index in [1.807, 2.05) is 0 Å². The van der Waals surface area contributed by atoms with Crippen molar-refractivity contribution < 1.29 is 13.2 Å². The molecule has 1 N–H and O–H groups in total. The largest absolute Gasteiger partial charge is 0.380 e. The molecule has 0 radical (unpaired) electrons. The van der Waals surface area contributed by atoms with Gasteiger partial charge in [0.2, 0.25) is 10.0 Å². The molecule has 0 spiro atoms. The van der Waals surface area contributed by atoms with Crippen molar-refractivity contribution in [2.24, 2.45) is 0 Å². The van der Waals surface area contributed by atoms with Crippen molar-refractivity contribution in [3.05, 3.63) is 35.4 Å². The second-order valence-corrected chi connectivity index (χ2v) is 8.48. The van der Waals surface area contributed by atoms with Gasteiger partial charge in [-0.2, -0.15) is 4.31 Å².